The minimum absolute atomic E-state index is 0.00670. The molecule has 1 aromatic heterocycles. The molecule has 22 heavy (non-hydrogen) atoms. The number of alkyl halides is 1. The Morgan fingerprint density at radius 2 is 1.77 bits per heavy atom. The van der Waals surface area contributed by atoms with Gasteiger partial charge in [0.1, 0.15) is 5.15 Å². The van der Waals surface area contributed by atoms with Crippen LogP contribution >= 0.6 is 34.8 Å². The SMILES string of the molecule is FC1c2nc(Cl)nc(Cl)c2CCC12CCc1c(Cl)cccc12. The van der Waals surface area contributed by atoms with E-state index in [0.717, 1.165) is 24.0 Å². The van der Waals surface area contributed by atoms with E-state index in [-0.39, 0.29) is 10.4 Å². The van der Waals surface area contributed by atoms with Crippen molar-refractivity contribution in [1.82, 2.24) is 9.97 Å². The number of nitrogens with zero attached hydrogens (tertiary/aromatic N) is 2. The average molecular weight is 358 g/mol. The number of benzene rings is 1. The normalized spacial score (nSPS) is 26.1. The molecular weight excluding hydrogens is 346 g/mol. The van der Waals surface area contributed by atoms with Crippen molar-refractivity contribution < 1.29 is 4.39 Å². The highest BCUT2D eigenvalue weighted by molar-refractivity contribution is 6.32. The molecule has 4 rings (SSSR count). The summed E-state index contributed by atoms with van der Waals surface area (Å²) in [7, 11) is 0. The molecule has 2 aliphatic carbocycles. The van der Waals surface area contributed by atoms with Gasteiger partial charge in [-0.1, -0.05) is 35.3 Å². The molecular formula is C16H12Cl3FN2. The Balaban J connectivity index is 1.89. The predicted octanol–water partition coefficient (Wildman–Crippen LogP) is 5.28. The Hall–Kier alpha value is -0.900. The molecule has 2 nitrogen and oxygen atoms in total. The molecule has 0 aliphatic heterocycles. The molecule has 0 N–H and O–H groups in total. The molecule has 0 saturated carbocycles. The van der Waals surface area contributed by atoms with Crippen LogP contribution in [0.3, 0.4) is 0 Å². The standard InChI is InChI=1S/C16H12Cl3FN2/c17-11-3-1-2-10-8(11)4-6-16(10)7-5-9-12(13(16)20)21-15(19)22-14(9)18/h1-3,13H,4-7H2. The summed E-state index contributed by atoms with van der Waals surface area (Å²) in [5.74, 6) is 0. The second-order valence-electron chi connectivity index (χ2n) is 5.93. The van der Waals surface area contributed by atoms with Crippen LogP contribution in [-0.4, -0.2) is 9.97 Å². The molecule has 0 saturated heterocycles. The fraction of sp³-hybridized carbons (Fsp3) is 0.375. The van der Waals surface area contributed by atoms with Gasteiger partial charge in [0.15, 0.2) is 6.17 Å². The minimum Gasteiger partial charge on any atom is -0.240 e. The van der Waals surface area contributed by atoms with Crippen molar-refractivity contribution in [2.45, 2.75) is 37.3 Å². The van der Waals surface area contributed by atoms with Gasteiger partial charge in [-0.25, -0.2) is 14.4 Å². The number of halogens is 4. The lowest BCUT2D eigenvalue weighted by molar-refractivity contribution is 0.155. The van der Waals surface area contributed by atoms with E-state index >= 15 is 4.39 Å². The van der Waals surface area contributed by atoms with Gasteiger partial charge in [-0.15, -0.1) is 0 Å². The van der Waals surface area contributed by atoms with Crippen molar-refractivity contribution in [3.05, 3.63) is 56.0 Å². The molecule has 1 aromatic carbocycles. The molecule has 0 fully saturated rings. The Labute approximate surface area is 142 Å². The van der Waals surface area contributed by atoms with Gasteiger partial charge in [0.25, 0.3) is 0 Å². The van der Waals surface area contributed by atoms with Crippen LogP contribution in [-0.2, 0) is 18.3 Å². The van der Waals surface area contributed by atoms with E-state index in [1.54, 1.807) is 0 Å². The third-order valence-corrected chi connectivity index (χ3v) is 5.82. The highest BCUT2D eigenvalue weighted by Crippen LogP contribution is 2.56. The Bertz CT molecular complexity index is 780. The van der Waals surface area contributed by atoms with Crippen LogP contribution in [0.2, 0.25) is 15.5 Å². The summed E-state index contributed by atoms with van der Waals surface area (Å²) < 4.78 is 15.5. The lowest BCUT2D eigenvalue weighted by Gasteiger charge is -2.38. The molecule has 6 heteroatoms. The van der Waals surface area contributed by atoms with Crippen LogP contribution in [0.4, 0.5) is 4.39 Å². The zero-order chi connectivity index (χ0) is 15.5. The molecule has 2 aromatic rings. The second kappa shape index (κ2) is 5.05. The summed E-state index contributed by atoms with van der Waals surface area (Å²) in [6.45, 7) is 0. The Morgan fingerprint density at radius 3 is 2.55 bits per heavy atom. The van der Waals surface area contributed by atoms with Crippen LogP contribution < -0.4 is 0 Å². The highest BCUT2D eigenvalue weighted by Gasteiger charge is 2.50. The smallest absolute Gasteiger partial charge is 0.224 e. The van der Waals surface area contributed by atoms with Crippen molar-refractivity contribution in [2.75, 3.05) is 0 Å². The van der Waals surface area contributed by atoms with Crippen molar-refractivity contribution >= 4 is 34.8 Å². The molecule has 0 radical (unpaired) electrons. The lowest BCUT2D eigenvalue weighted by Crippen LogP contribution is -2.35. The van der Waals surface area contributed by atoms with Crippen LogP contribution in [0.25, 0.3) is 0 Å². The zero-order valence-corrected chi connectivity index (χ0v) is 13.8. The van der Waals surface area contributed by atoms with E-state index < -0.39 is 11.6 Å². The Morgan fingerprint density at radius 1 is 1.05 bits per heavy atom. The van der Waals surface area contributed by atoms with Gasteiger partial charge in [0.2, 0.25) is 5.28 Å². The second-order valence-corrected chi connectivity index (χ2v) is 7.04. The minimum atomic E-state index is -1.24. The van der Waals surface area contributed by atoms with E-state index in [1.807, 2.05) is 18.2 Å². The van der Waals surface area contributed by atoms with Crippen molar-refractivity contribution in [2.24, 2.45) is 0 Å². The number of hydrogen-bond acceptors (Lipinski definition) is 2. The van der Waals surface area contributed by atoms with Crippen LogP contribution in [0.15, 0.2) is 18.2 Å². The summed E-state index contributed by atoms with van der Waals surface area (Å²) >= 11 is 18.3. The van der Waals surface area contributed by atoms with Gasteiger partial charge in [-0.3, -0.25) is 0 Å². The number of fused-ring (bicyclic) bond motifs is 3. The first-order valence-corrected chi connectivity index (χ1v) is 8.30. The van der Waals surface area contributed by atoms with E-state index in [2.05, 4.69) is 9.97 Å². The number of aromatic nitrogens is 2. The molecule has 1 spiro atoms. The molecule has 2 aliphatic rings. The third kappa shape index (κ3) is 1.92. The van der Waals surface area contributed by atoms with E-state index in [9.17, 15) is 0 Å². The van der Waals surface area contributed by atoms with E-state index in [0.29, 0.717) is 29.1 Å². The summed E-state index contributed by atoms with van der Waals surface area (Å²) in [6.07, 6.45) is 1.61. The van der Waals surface area contributed by atoms with Gasteiger partial charge in [0, 0.05) is 16.0 Å². The van der Waals surface area contributed by atoms with Crippen molar-refractivity contribution in [1.29, 1.82) is 0 Å². The molecule has 0 bridgehead atoms. The van der Waals surface area contributed by atoms with Gasteiger partial charge < -0.3 is 0 Å². The fourth-order valence-corrected chi connectivity index (χ4v) is 4.67. The maximum Gasteiger partial charge on any atom is 0.224 e. The molecule has 1 heterocycles. The molecule has 2 atom stereocenters. The molecule has 114 valence electrons. The summed E-state index contributed by atoms with van der Waals surface area (Å²) in [6, 6.07) is 5.73. The predicted molar refractivity (Wildman–Crippen MR) is 85.7 cm³/mol. The number of hydrogen-bond donors (Lipinski definition) is 0. The highest BCUT2D eigenvalue weighted by atomic mass is 35.5. The number of rotatable bonds is 0. The van der Waals surface area contributed by atoms with Gasteiger partial charge in [-0.2, -0.15) is 0 Å². The van der Waals surface area contributed by atoms with E-state index in [4.69, 9.17) is 34.8 Å². The first-order valence-electron chi connectivity index (χ1n) is 7.17. The maximum atomic E-state index is 15.5. The summed E-state index contributed by atoms with van der Waals surface area (Å²) in [5.41, 5.74) is 2.50. The monoisotopic (exact) mass is 356 g/mol. The maximum absolute atomic E-state index is 15.5. The Kier molecular flexibility index (Phi) is 3.37. The first kappa shape index (κ1) is 14.7. The van der Waals surface area contributed by atoms with Crippen LogP contribution in [0.1, 0.15) is 41.4 Å². The average Bonchev–Trinajstić information content (AvgIpc) is 2.85. The molecule has 2 unspecified atom stereocenters. The van der Waals surface area contributed by atoms with E-state index in [1.165, 1.54) is 0 Å². The van der Waals surface area contributed by atoms with Gasteiger partial charge >= 0.3 is 0 Å². The summed E-state index contributed by atoms with van der Waals surface area (Å²) in [5, 5.41) is 0.968. The molecule has 0 amide bonds. The van der Waals surface area contributed by atoms with Crippen molar-refractivity contribution in [3.8, 4) is 0 Å². The van der Waals surface area contributed by atoms with Crippen molar-refractivity contribution in [3.63, 3.8) is 0 Å². The van der Waals surface area contributed by atoms with Gasteiger partial charge in [-0.05, 0) is 54.5 Å². The van der Waals surface area contributed by atoms with Crippen LogP contribution in [0.5, 0.6) is 0 Å². The largest absolute Gasteiger partial charge is 0.240 e. The van der Waals surface area contributed by atoms with Gasteiger partial charge in [0.05, 0.1) is 5.69 Å². The third-order valence-electron chi connectivity index (χ3n) is 4.98. The van der Waals surface area contributed by atoms with Crippen LogP contribution in [0, 0.1) is 0 Å². The first-order chi connectivity index (χ1) is 10.5. The topological polar surface area (TPSA) is 25.8 Å². The lowest BCUT2D eigenvalue weighted by atomic mass is 9.68. The quantitative estimate of drug-likeness (QED) is 0.473. The zero-order valence-electron chi connectivity index (χ0n) is 11.5. The summed E-state index contributed by atoms with van der Waals surface area (Å²) in [4.78, 5) is 8.06. The fourth-order valence-electron chi connectivity index (χ4n) is 3.91.